The fourth-order valence-corrected chi connectivity index (χ4v) is 3.07. The van der Waals surface area contributed by atoms with Gasteiger partial charge in [0.15, 0.2) is 0 Å². The highest BCUT2D eigenvalue weighted by Crippen LogP contribution is 2.32. The van der Waals surface area contributed by atoms with Crippen molar-refractivity contribution in [3.8, 4) is 0 Å². The Balaban J connectivity index is 2.36. The highest BCUT2D eigenvalue weighted by atomic mass is 35.5. The van der Waals surface area contributed by atoms with Crippen molar-refractivity contribution < 1.29 is 4.79 Å². The van der Waals surface area contributed by atoms with E-state index in [1.165, 1.54) is 0 Å². The van der Waals surface area contributed by atoms with Gasteiger partial charge in [-0.05, 0) is 38.5 Å². The van der Waals surface area contributed by atoms with Crippen LogP contribution in [0.15, 0.2) is 18.2 Å². The largest absolute Gasteiger partial charge is 0.356 e. The smallest absolute Gasteiger partial charge is 0.247 e. The van der Waals surface area contributed by atoms with Crippen molar-refractivity contribution in [1.29, 1.82) is 0 Å². The van der Waals surface area contributed by atoms with E-state index in [0.29, 0.717) is 5.02 Å². The van der Waals surface area contributed by atoms with Crippen LogP contribution in [-0.2, 0) is 4.79 Å². The number of benzene rings is 1. The molecule has 1 aliphatic rings. The third kappa shape index (κ3) is 2.50. The molecule has 1 saturated heterocycles. The average molecular weight is 296 g/mol. The third-order valence-electron chi connectivity index (χ3n) is 3.99. The highest BCUT2D eigenvalue weighted by Gasteiger charge is 2.40. The van der Waals surface area contributed by atoms with Crippen LogP contribution in [0.25, 0.3) is 0 Å². The first-order chi connectivity index (χ1) is 9.25. The van der Waals surface area contributed by atoms with Crippen LogP contribution in [0.5, 0.6) is 0 Å². The van der Waals surface area contributed by atoms with Crippen molar-refractivity contribution in [2.45, 2.75) is 32.4 Å². The number of carbonyl (C=O) groups excluding carboxylic acids is 1. The van der Waals surface area contributed by atoms with Gasteiger partial charge in [0.1, 0.15) is 5.54 Å². The van der Waals surface area contributed by atoms with Crippen LogP contribution in [-0.4, -0.2) is 36.5 Å². The van der Waals surface area contributed by atoms with Crippen LogP contribution in [0.3, 0.4) is 0 Å². The number of piperazine rings is 1. The molecule has 0 radical (unpaired) electrons. The lowest BCUT2D eigenvalue weighted by Crippen LogP contribution is -2.62. The maximum atomic E-state index is 12.3. The lowest BCUT2D eigenvalue weighted by Gasteiger charge is -2.46. The number of likely N-dealkylation sites (N-methyl/N-ethyl adjacent to an activating group) is 1. The van der Waals surface area contributed by atoms with Gasteiger partial charge in [-0.1, -0.05) is 17.7 Å². The summed E-state index contributed by atoms with van der Waals surface area (Å²) in [5.41, 5.74) is 7.20. The monoisotopic (exact) mass is 295 g/mol. The third-order valence-corrected chi connectivity index (χ3v) is 4.32. The number of amides is 1. The Hall–Kier alpha value is -1.26. The summed E-state index contributed by atoms with van der Waals surface area (Å²) in [7, 11) is 1.84. The summed E-state index contributed by atoms with van der Waals surface area (Å²) in [6.07, 6.45) is 0. The zero-order valence-corrected chi connectivity index (χ0v) is 13.2. The van der Waals surface area contributed by atoms with E-state index in [9.17, 15) is 4.79 Å². The molecule has 1 atom stereocenters. The molecule has 1 amide bonds. The van der Waals surface area contributed by atoms with E-state index in [2.05, 4.69) is 4.90 Å². The van der Waals surface area contributed by atoms with E-state index in [4.69, 9.17) is 17.3 Å². The second-order valence-corrected chi connectivity index (χ2v) is 6.34. The van der Waals surface area contributed by atoms with Gasteiger partial charge < -0.3 is 15.5 Å². The predicted octanol–water partition coefficient (Wildman–Crippen LogP) is 2.42. The standard InChI is InChI=1S/C15H22ClN3O/c1-10(17)12-6-5-11(9-13(12)16)19-8-7-18(4)14(20)15(19,2)3/h5-6,9-10H,7-8,17H2,1-4H3. The number of carbonyl (C=O) groups is 1. The molecule has 2 rings (SSSR count). The Kier molecular flexibility index (Phi) is 3.98. The molecule has 1 aromatic carbocycles. The van der Waals surface area contributed by atoms with E-state index in [1.54, 1.807) is 4.90 Å². The molecule has 20 heavy (non-hydrogen) atoms. The normalized spacial score (nSPS) is 20.2. The molecule has 1 unspecified atom stereocenters. The van der Waals surface area contributed by atoms with Crippen LogP contribution >= 0.6 is 11.6 Å². The van der Waals surface area contributed by atoms with Gasteiger partial charge >= 0.3 is 0 Å². The lowest BCUT2D eigenvalue weighted by molar-refractivity contribution is -0.136. The van der Waals surface area contributed by atoms with Gasteiger partial charge in [-0.3, -0.25) is 4.79 Å². The van der Waals surface area contributed by atoms with Crippen molar-refractivity contribution in [3.63, 3.8) is 0 Å². The van der Waals surface area contributed by atoms with Gasteiger partial charge in [0.2, 0.25) is 5.91 Å². The van der Waals surface area contributed by atoms with Crippen molar-refractivity contribution in [2.24, 2.45) is 5.73 Å². The van der Waals surface area contributed by atoms with E-state index in [1.807, 2.05) is 46.0 Å². The summed E-state index contributed by atoms with van der Waals surface area (Å²) in [6.45, 7) is 7.30. The Morgan fingerprint density at radius 2 is 2.00 bits per heavy atom. The molecule has 1 aromatic rings. The molecule has 1 heterocycles. The molecule has 4 nitrogen and oxygen atoms in total. The van der Waals surface area contributed by atoms with Crippen LogP contribution in [0.4, 0.5) is 5.69 Å². The number of halogens is 1. The van der Waals surface area contributed by atoms with Gasteiger partial charge in [0, 0.05) is 36.9 Å². The molecule has 0 bridgehead atoms. The minimum Gasteiger partial charge on any atom is -0.356 e. The van der Waals surface area contributed by atoms with Crippen LogP contribution < -0.4 is 10.6 Å². The van der Waals surface area contributed by atoms with Gasteiger partial charge in [-0.15, -0.1) is 0 Å². The van der Waals surface area contributed by atoms with Crippen LogP contribution in [0, 0.1) is 0 Å². The molecule has 1 aliphatic heterocycles. The fraction of sp³-hybridized carbons (Fsp3) is 0.533. The quantitative estimate of drug-likeness (QED) is 0.911. The average Bonchev–Trinajstić information content (AvgIpc) is 2.35. The number of rotatable bonds is 2. The first-order valence-corrected chi connectivity index (χ1v) is 7.21. The first kappa shape index (κ1) is 15.1. The summed E-state index contributed by atoms with van der Waals surface area (Å²) in [4.78, 5) is 16.2. The second kappa shape index (κ2) is 5.26. The Labute approximate surface area is 125 Å². The van der Waals surface area contributed by atoms with Crippen molar-refractivity contribution in [2.75, 3.05) is 25.0 Å². The molecule has 110 valence electrons. The Morgan fingerprint density at radius 3 is 2.55 bits per heavy atom. The highest BCUT2D eigenvalue weighted by molar-refractivity contribution is 6.31. The second-order valence-electron chi connectivity index (χ2n) is 5.93. The Morgan fingerprint density at radius 1 is 1.35 bits per heavy atom. The predicted molar refractivity (Wildman–Crippen MR) is 83.1 cm³/mol. The fourth-order valence-electron chi connectivity index (χ4n) is 2.72. The minimum absolute atomic E-state index is 0.0984. The summed E-state index contributed by atoms with van der Waals surface area (Å²) < 4.78 is 0. The van der Waals surface area contributed by atoms with Gasteiger partial charge in [0.05, 0.1) is 0 Å². The van der Waals surface area contributed by atoms with Gasteiger partial charge in [-0.2, -0.15) is 0 Å². The first-order valence-electron chi connectivity index (χ1n) is 6.83. The number of hydrogen-bond donors (Lipinski definition) is 1. The zero-order chi connectivity index (χ0) is 15.1. The van der Waals surface area contributed by atoms with E-state index in [0.717, 1.165) is 24.3 Å². The SMILES string of the molecule is CC(N)c1ccc(N2CCN(C)C(=O)C2(C)C)cc1Cl. The number of hydrogen-bond acceptors (Lipinski definition) is 3. The molecular formula is C15H22ClN3O. The van der Waals surface area contributed by atoms with Crippen LogP contribution in [0.2, 0.25) is 5.02 Å². The maximum absolute atomic E-state index is 12.3. The van der Waals surface area contributed by atoms with E-state index < -0.39 is 5.54 Å². The molecule has 2 N–H and O–H groups in total. The summed E-state index contributed by atoms with van der Waals surface area (Å²) >= 11 is 6.30. The molecule has 0 aromatic heterocycles. The molecule has 5 heteroatoms. The van der Waals surface area contributed by atoms with Crippen molar-refractivity contribution in [1.82, 2.24) is 4.90 Å². The molecule has 0 aliphatic carbocycles. The van der Waals surface area contributed by atoms with E-state index in [-0.39, 0.29) is 11.9 Å². The number of anilines is 1. The topological polar surface area (TPSA) is 49.6 Å². The summed E-state index contributed by atoms with van der Waals surface area (Å²) in [5.74, 6) is 0.121. The molecular weight excluding hydrogens is 274 g/mol. The van der Waals surface area contributed by atoms with Crippen LogP contribution in [0.1, 0.15) is 32.4 Å². The Bertz CT molecular complexity index is 528. The van der Waals surface area contributed by atoms with E-state index >= 15 is 0 Å². The number of nitrogens with zero attached hydrogens (tertiary/aromatic N) is 2. The molecule has 0 spiro atoms. The molecule has 1 fully saturated rings. The maximum Gasteiger partial charge on any atom is 0.247 e. The van der Waals surface area contributed by atoms with Crippen molar-refractivity contribution in [3.05, 3.63) is 28.8 Å². The van der Waals surface area contributed by atoms with Crippen molar-refractivity contribution >= 4 is 23.2 Å². The lowest BCUT2D eigenvalue weighted by atomic mass is 9.96. The summed E-state index contributed by atoms with van der Waals surface area (Å²) in [6, 6.07) is 5.74. The van der Waals surface area contributed by atoms with Gasteiger partial charge in [0.25, 0.3) is 0 Å². The minimum atomic E-state index is -0.563. The zero-order valence-electron chi connectivity index (χ0n) is 12.5. The number of nitrogens with two attached hydrogens (primary N) is 1. The molecule has 0 saturated carbocycles. The summed E-state index contributed by atoms with van der Waals surface area (Å²) in [5, 5.41) is 0.652. The van der Waals surface area contributed by atoms with Gasteiger partial charge in [-0.25, -0.2) is 0 Å².